The van der Waals surface area contributed by atoms with E-state index in [0.717, 1.165) is 5.56 Å². The number of benzene rings is 1. The van der Waals surface area contributed by atoms with Crippen LogP contribution in [0.5, 0.6) is 0 Å². The van der Waals surface area contributed by atoms with Crippen LogP contribution in [0.3, 0.4) is 0 Å². The topological polar surface area (TPSA) is 134 Å². The number of aryl methyl sites for hydroxylation is 1. The zero-order valence-electron chi connectivity index (χ0n) is 18.8. The van der Waals surface area contributed by atoms with Gasteiger partial charge >= 0.3 is 0 Å². The van der Waals surface area contributed by atoms with Gasteiger partial charge in [-0.25, -0.2) is 8.42 Å². The Morgan fingerprint density at radius 3 is 2.59 bits per heavy atom. The number of hydrogen-bond donors (Lipinski definition) is 1. The minimum atomic E-state index is -3.37. The lowest BCUT2D eigenvalue weighted by Crippen LogP contribution is -2.52. The largest absolute Gasteiger partial charge is 0.379 e. The molecule has 0 bridgehead atoms. The maximum atomic E-state index is 13.3. The molecule has 34 heavy (non-hydrogen) atoms. The highest BCUT2D eigenvalue weighted by Crippen LogP contribution is 2.47. The minimum absolute atomic E-state index is 0.162. The third-order valence-electron chi connectivity index (χ3n) is 6.95. The van der Waals surface area contributed by atoms with Crippen molar-refractivity contribution in [1.29, 1.82) is 5.26 Å². The summed E-state index contributed by atoms with van der Waals surface area (Å²) in [6.07, 6.45) is 1.53. The van der Waals surface area contributed by atoms with E-state index in [0.29, 0.717) is 42.6 Å². The van der Waals surface area contributed by atoms with E-state index in [-0.39, 0.29) is 43.8 Å². The van der Waals surface area contributed by atoms with Crippen molar-refractivity contribution in [3.05, 3.63) is 52.3 Å². The molecular weight excluding hydrogens is 458 g/mol. The summed E-state index contributed by atoms with van der Waals surface area (Å²) < 4.78 is 31.6. The summed E-state index contributed by atoms with van der Waals surface area (Å²) >= 11 is 0. The monoisotopic (exact) mass is 483 g/mol. The molecule has 2 amide bonds. The molecule has 1 aromatic heterocycles. The molecule has 0 radical (unpaired) electrons. The first-order valence-electron chi connectivity index (χ1n) is 11.2. The van der Waals surface area contributed by atoms with Gasteiger partial charge in [-0.1, -0.05) is 12.1 Å². The molecule has 3 heterocycles. The summed E-state index contributed by atoms with van der Waals surface area (Å²) in [5.74, 6) is -0.678. The van der Waals surface area contributed by atoms with E-state index in [1.807, 2.05) is 0 Å². The third kappa shape index (κ3) is 3.67. The lowest BCUT2D eigenvalue weighted by molar-refractivity contribution is 0.0408. The van der Waals surface area contributed by atoms with Crippen LogP contribution in [0.4, 0.5) is 0 Å². The van der Waals surface area contributed by atoms with E-state index in [4.69, 9.17) is 10.00 Å². The molecule has 1 saturated carbocycles. The molecule has 5 rings (SSSR count). The molecule has 0 spiro atoms. The van der Waals surface area contributed by atoms with E-state index >= 15 is 0 Å². The van der Waals surface area contributed by atoms with Crippen molar-refractivity contribution in [2.24, 2.45) is 7.05 Å². The van der Waals surface area contributed by atoms with Crippen molar-refractivity contribution in [1.82, 2.24) is 20.0 Å². The Labute approximate surface area is 197 Å². The van der Waals surface area contributed by atoms with E-state index in [1.54, 1.807) is 36.2 Å². The average Bonchev–Trinajstić information content (AvgIpc) is 3.50. The SMILES string of the molecule is Cn1nc(C(=O)NCc2ccc(C#N)cc2)c2c1C(=O)N(CC1(S(=O)(=O)C3COC3)CC1)CC2. The van der Waals surface area contributed by atoms with Gasteiger partial charge in [-0.2, -0.15) is 10.4 Å². The van der Waals surface area contributed by atoms with Crippen LogP contribution in [0.15, 0.2) is 24.3 Å². The zero-order valence-corrected chi connectivity index (χ0v) is 19.6. The van der Waals surface area contributed by atoms with Crippen molar-refractivity contribution >= 4 is 21.7 Å². The van der Waals surface area contributed by atoms with E-state index in [1.165, 1.54) is 4.68 Å². The number of hydrogen-bond acceptors (Lipinski definition) is 7. The normalized spacial score (nSPS) is 19.2. The molecule has 1 saturated heterocycles. The van der Waals surface area contributed by atoms with Gasteiger partial charge in [0.25, 0.3) is 11.8 Å². The number of sulfone groups is 1. The molecule has 3 aliphatic rings. The predicted molar refractivity (Wildman–Crippen MR) is 121 cm³/mol. The van der Waals surface area contributed by atoms with Crippen LogP contribution >= 0.6 is 0 Å². The summed E-state index contributed by atoms with van der Waals surface area (Å²) in [4.78, 5) is 27.7. The molecule has 178 valence electrons. The minimum Gasteiger partial charge on any atom is -0.379 e. The van der Waals surface area contributed by atoms with Gasteiger partial charge in [0.15, 0.2) is 15.5 Å². The molecule has 10 nitrogen and oxygen atoms in total. The number of carbonyl (C=O) groups is 2. The van der Waals surface area contributed by atoms with Gasteiger partial charge in [0.05, 0.1) is 29.6 Å². The molecule has 1 aromatic carbocycles. The Morgan fingerprint density at radius 2 is 2.00 bits per heavy atom. The summed E-state index contributed by atoms with van der Waals surface area (Å²) in [5.41, 5.74) is 2.50. The van der Waals surface area contributed by atoms with E-state index in [9.17, 15) is 18.0 Å². The Hall–Kier alpha value is -3.23. The Bertz CT molecular complexity index is 1300. The Kier molecular flexibility index (Phi) is 5.45. The zero-order chi connectivity index (χ0) is 24.1. The number of carbonyl (C=O) groups excluding carboxylic acids is 2. The predicted octanol–water partition coefficient (Wildman–Crippen LogP) is 0.566. The lowest BCUT2D eigenvalue weighted by Gasteiger charge is -2.34. The average molecular weight is 484 g/mol. The fourth-order valence-corrected chi connectivity index (χ4v) is 6.90. The van der Waals surface area contributed by atoms with Crippen molar-refractivity contribution < 1.29 is 22.7 Å². The highest BCUT2D eigenvalue weighted by Gasteiger charge is 2.59. The first-order valence-corrected chi connectivity index (χ1v) is 12.7. The van der Waals surface area contributed by atoms with Gasteiger partial charge in [-0.15, -0.1) is 0 Å². The summed E-state index contributed by atoms with van der Waals surface area (Å²) in [6.45, 7) is 1.22. The molecule has 1 N–H and O–H groups in total. The van der Waals surface area contributed by atoms with Crippen LogP contribution in [0.2, 0.25) is 0 Å². The standard InChI is InChI=1S/C23H25N5O5S/c1-27-20-18(19(26-27)21(29)25-11-16-4-2-15(10-24)3-5-16)6-9-28(22(20)30)14-23(7-8-23)34(31,32)17-12-33-13-17/h2-5,17H,6-9,11-14H2,1H3,(H,25,29). The first-order chi connectivity index (χ1) is 16.3. The second kappa shape index (κ2) is 8.21. The molecule has 11 heteroatoms. The highest BCUT2D eigenvalue weighted by atomic mass is 32.2. The fraction of sp³-hybridized carbons (Fsp3) is 0.478. The van der Waals surface area contributed by atoms with Gasteiger partial charge in [-0.3, -0.25) is 14.3 Å². The van der Waals surface area contributed by atoms with Crippen LogP contribution in [0.25, 0.3) is 0 Å². The Morgan fingerprint density at radius 1 is 1.29 bits per heavy atom. The molecule has 1 aliphatic carbocycles. The Balaban J connectivity index is 1.30. The quantitative estimate of drug-likeness (QED) is 0.608. The summed E-state index contributed by atoms with van der Waals surface area (Å²) in [7, 11) is -1.75. The van der Waals surface area contributed by atoms with E-state index < -0.39 is 19.8 Å². The number of nitriles is 1. The summed E-state index contributed by atoms with van der Waals surface area (Å²) in [5, 5.41) is 15.5. The van der Waals surface area contributed by atoms with Crippen molar-refractivity contribution in [2.45, 2.75) is 35.8 Å². The van der Waals surface area contributed by atoms with Crippen LogP contribution in [0, 0.1) is 11.3 Å². The molecule has 2 aromatic rings. The highest BCUT2D eigenvalue weighted by molar-refractivity contribution is 7.93. The number of fused-ring (bicyclic) bond motifs is 1. The molecule has 2 aliphatic heterocycles. The number of amides is 2. The van der Waals surface area contributed by atoms with Crippen molar-refractivity contribution in [3.63, 3.8) is 0 Å². The second-order valence-corrected chi connectivity index (χ2v) is 11.8. The van der Waals surface area contributed by atoms with Crippen molar-refractivity contribution in [3.8, 4) is 6.07 Å². The number of nitrogens with zero attached hydrogens (tertiary/aromatic N) is 4. The summed E-state index contributed by atoms with van der Waals surface area (Å²) in [6, 6.07) is 8.96. The van der Waals surface area contributed by atoms with Gasteiger partial charge in [-0.05, 0) is 37.0 Å². The van der Waals surface area contributed by atoms with Crippen LogP contribution < -0.4 is 5.32 Å². The maximum Gasteiger partial charge on any atom is 0.272 e. The van der Waals surface area contributed by atoms with Crippen molar-refractivity contribution in [2.75, 3.05) is 26.3 Å². The van der Waals surface area contributed by atoms with Gasteiger partial charge in [0.1, 0.15) is 10.9 Å². The lowest BCUT2D eigenvalue weighted by atomic mass is 10.0. The van der Waals surface area contributed by atoms with E-state index in [2.05, 4.69) is 16.5 Å². The number of rotatable bonds is 7. The number of ether oxygens (including phenoxy) is 1. The third-order valence-corrected chi connectivity index (χ3v) is 9.85. The molecule has 0 atom stereocenters. The van der Waals surface area contributed by atoms with Gasteiger partial charge in [0, 0.05) is 32.2 Å². The second-order valence-electron chi connectivity index (χ2n) is 9.15. The van der Waals surface area contributed by atoms with Gasteiger partial charge in [0.2, 0.25) is 0 Å². The van der Waals surface area contributed by atoms with Gasteiger partial charge < -0.3 is 15.0 Å². The van der Waals surface area contributed by atoms with Crippen LogP contribution in [0.1, 0.15) is 50.5 Å². The molecule has 0 unspecified atom stereocenters. The van der Waals surface area contributed by atoms with Crippen LogP contribution in [-0.2, 0) is 34.6 Å². The number of nitrogens with one attached hydrogen (secondary N) is 1. The smallest absolute Gasteiger partial charge is 0.272 e. The molecular formula is C23H25N5O5S. The van der Waals surface area contributed by atoms with Crippen LogP contribution in [-0.4, -0.2) is 71.2 Å². The number of aromatic nitrogens is 2. The first kappa shape index (κ1) is 22.6. The maximum absolute atomic E-state index is 13.3. The molecule has 2 fully saturated rings. The fourth-order valence-electron chi connectivity index (χ4n) is 4.63.